The van der Waals surface area contributed by atoms with E-state index in [1.54, 1.807) is 12.1 Å². The number of benzene rings is 2. The largest absolute Gasteiger partial charge is 0.492 e. The van der Waals surface area contributed by atoms with Crippen LogP contribution in [0.3, 0.4) is 0 Å². The van der Waals surface area contributed by atoms with Crippen molar-refractivity contribution < 1.29 is 9.53 Å². The smallest absolute Gasteiger partial charge is 0.255 e. The number of nitrogens with two attached hydrogens (primary N) is 1. The average molecular weight is 270 g/mol. The molecule has 0 bridgehead atoms. The number of rotatable bonds is 5. The lowest BCUT2D eigenvalue weighted by Gasteiger charge is -2.09. The highest BCUT2D eigenvalue weighted by atomic mass is 16.5. The maximum absolute atomic E-state index is 12.1. The number of aryl methyl sites for hydroxylation is 1. The molecular formula is C16H18N2O2. The number of carbonyl (C=O) groups excluding carboxylic acids is 1. The van der Waals surface area contributed by atoms with E-state index < -0.39 is 0 Å². The Hall–Kier alpha value is -2.33. The number of hydrogen-bond donors (Lipinski definition) is 2. The molecule has 0 saturated carbocycles. The third-order valence-corrected chi connectivity index (χ3v) is 2.76. The minimum absolute atomic E-state index is 0.135. The van der Waals surface area contributed by atoms with E-state index in [1.807, 2.05) is 43.3 Å². The molecule has 0 aliphatic heterocycles. The van der Waals surface area contributed by atoms with Crippen LogP contribution in [0.5, 0.6) is 5.75 Å². The van der Waals surface area contributed by atoms with Crippen LogP contribution < -0.4 is 15.8 Å². The summed E-state index contributed by atoms with van der Waals surface area (Å²) in [5.41, 5.74) is 7.78. The molecule has 0 atom stereocenters. The molecule has 104 valence electrons. The van der Waals surface area contributed by atoms with Gasteiger partial charge in [-0.3, -0.25) is 4.79 Å². The molecule has 0 heterocycles. The Bertz CT molecular complexity index is 597. The predicted octanol–water partition coefficient (Wildman–Crippen LogP) is 2.58. The Kier molecular flexibility index (Phi) is 4.74. The Morgan fingerprint density at radius 1 is 1.20 bits per heavy atom. The molecule has 4 heteroatoms. The summed E-state index contributed by atoms with van der Waals surface area (Å²) < 4.78 is 5.43. The van der Waals surface area contributed by atoms with Crippen LogP contribution >= 0.6 is 0 Å². The molecule has 0 aliphatic rings. The second-order valence-corrected chi connectivity index (χ2v) is 4.49. The molecule has 2 aromatic carbocycles. The summed E-state index contributed by atoms with van der Waals surface area (Å²) in [6.45, 7) is 2.87. The SMILES string of the molecule is Cc1cccc(C(=O)Nc2cccc(OCCN)c2)c1. The van der Waals surface area contributed by atoms with Gasteiger partial charge >= 0.3 is 0 Å². The van der Waals surface area contributed by atoms with E-state index in [0.717, 1.165) is 5.56 Å². The third kappa shape index (κ3) is 3.83. The van der Waals surface area contributed by atoms with Crippen molar-refractivity contribution in [2.75, 3.05) is 18.5 Å². The van der Waals surface area contributed by atoms with Crippen molar-refractivity contribution in [2.24, 2.45) is 5.73 Å². The lowest BCUT2D eigenvalue weighted by atomic mass is 10.1. The molecule has 0 aliphatic carbocycles. The molecule has 2 rings (SSSR count). The average Bonchev–Trinajstić information content (AvgIpc) is 2.45. The molecule has 0 radical (unpaired) electrons. The van der Waals surface area contributed by atoms with Gasteiger partial charge in [0.1, 0.15) is 12.4 Å². The van der Waals surface area contributed by atoms with Crippen molar-refractivity contribution in [3.63, 3.8) is 0 Å². The zero-order chi connectivity index (χ0) is 14.4. The summed E-state index contributed by atoms with van der Waals surface area (Å²) in [5.74, 6) is 0.558. The van der Waals surface area contributed by atoms with Gasteiger partial charge < -0.3 is 15.8 Å². The molecule has 20 heavy (non-hydrogen) atoms. The van der Waals surface area contributed by atoms with E-state index in [2.05, 4.69) is 5.32 Å². The highest BCUT2D eigenvalue weighted by molar-refractivity contribution is 6.04. The number of carbonyl (C=O) groups is 1. The van der Waals surface area contributed by atoms with Crippen molar-refractivity contribution >= 4 is 11.6 Å². The summed E-state index contributed by atoms with van der Waals surface area (Å²) in [4.78, 5) is 12.1. The van der Waals surface area contributed by atoms with E-state index >= 15 is 0 Å². The van der Waals surface area contributed by atoms with Crippen LogP contribution in [0.2, 0.25) is 0 Å². The van der Waals surface area contributed by atoms with Crippen molar-refractivity contribution in [1.29, 1.82) is 0 Å². The second-order valence-electron chi connectivity index (χ2n) is 4.49. The van der Waals surface area contributed by atoms with E-state index in [-0.39, 0.29) is 5.91 Å². The zero-order valence-corrected chi connectivity index (χ0v) is 11.4. The van der Waals surface area contributed by atoms with Crippen LogP contribution in [0.1, 0.15) is 15.9 Å². The first-order valence-electron chi connectivity index (χ1n) is 6.50. The Labute approximate surface area is 118 Å². The summed E-state index contributed by atoms with van der Waals surface area (Å²) in [6.07, 6.45) is 0. The highest BCUT2D eigenvalue weighted by Crippen LogP contribution is 2.18. The van der Waals surface area contributed by atoms with Gasteiger partial charge in [0.05, 0.1) is 0 Å². The van der Waals surface area contributed by atoms with Crippen molar-refractivity contribution in [3.05, 3.63) is 59.7 Å². The van der Waals surface area contributed by atoms with Crippen LogP contribution in [0.4, 0.5) is 5.69 Å². The fraction of sp³-hybridized carbons (Fsp3) is 0.188. The van der Waals surface area contributed by atoms with Gasteiger partial charge in [0.2, 0.25) is 0 Å². The van der Waals surface area contributed by atoms with E-state index in [0.29, 0.717) is 30.2 Å². The lowest BCUT2D eigenvalue weighted by molar-refractivity contribution is 0.102. The molecule has 1 amide bonds. The standard InChI is InChI=1S/C16H18N2O2/c1-12-4-2-5-13(10-12)16(19)18-14-6-3-7-15(11-14)20-9-8-17/h2-7,10-11H,8-9,17H2,1H3,(H,18,19). The third-order valence-electron chi connectivity index (χ3n) is 2.76. The van der Waals surface area contributed by atoms with Crippen molar-refractivity contribution in [1.82, 2.24) is 0 Å². The van der Waals surface area contributed by atoms with Crippen LogP contribution in [0.15, 0.2) is 48.5 Å². The minimum Gasteiger partial charge on any atom is -0.492 e. The molecule has 0 spiro atoms. The van der Waals surface area contributed by atoms with Crippen molar-refractivity contribution in [3.8, 4) is 5.75 Å². The molecule has 0 fully saturated rings. The van der Waals surface area contributed by atoms with Gasteiger partial charge in [0, 0.05) is 23.9 Å². The fourth-order valence-electron chi connectivity index (χ4n) is 1.83. The first kappa shape index (κ1) is 14.1. The van der Waals surface area contributed by atoms with Gasteiger partial charge in [0.25, 0.3) is 5.91 Å². The quantitative estimate of drug-likeness (QED) is 0.877. The van der Waals surface area contributed by atoms with Gasteiger partial charge in [0.15, 0.2) is 0 Å². The molecule has 3 N–H and O–H groups in total. The summed E-state index contributed by atoms with van der Waals surface area (Å²) >= 11 is 0. The normalized spacial score (nSPS) is 10.1. The van der Waals surface area contributed by atoms with Crippen LogP contribution in [0, 0.1) is 6.92 Å². The molecule has 0 unspecified atom stereocenters. The number of anilines is 1. The van der Waals surface area contributed by atoms with E-state index in [9.17, 15) is 4.79 Å². The van der Waals surface area contributed by atoms with Gasteiger partial charge in [-0.05, 0) is 31.2 Å². The van der Waals surface area contributed by atoms with Crippen LogP contribution in [-0.4, -0.2) is 19.1 Å². The summed E-state index contributed by atoms with van der Waals surface area (Å²) in [5, 5.41) is 2.85. The second kappa shape index (κ2) is 6.73. The highest BCUT2D eigenvalue weighted by Gasteiger charge is 2.06. The van der Waals surface area contributed by atoms with Crippen LogP contribution in [-0.2, 0) is 0 Å². The number of ether oxygens (including phenoxy) is 1. The fourth-order valence-corrected chi connectivity index (χ4v) is 1.83. The maximum atomic E-state index is 12.1. The molecular weight excluding hydrogens is 252 g/mol. The number of amides is 1. The minimum atomic E-state index is -0.135. The zero-order valence-electron chi connectivity index (χ0n) is 11.4. The first-order chi connectivity index (χ1) is 9.69. The Balaban J connectivity index is 2.07. The van der Waals surface area contributed by atoms with Gasteiger partial charge in [-0.2, -0.15) is 0 Å². The Morgan fingerprint density at radius 2 is 2.00 bits per heavy atom. The first-order valence-corrected chi connectivity index (χ1v) is 6.50. The van der Waals surface area contributed by atoms with E-state index in [1.165, 1.54) is 0 Å². The van der Waals surface area contributed by atoms with Gasteiger partial charge in [-0.25, -0.2) is 0 Å². The van der Waals surface area contributed by atoms with E-state index in [4.69, 9.17) is 10.5 Å². The van der Waals surface area contributed by atoms with Crippen LogP contribution in [0.25, 0.3) is 0 Å². The summed E-state index contributed by atoms with van der Waals surface area (Å²) in [7, 11) is 0. The number of hydrogen-bond acceptors (Lipinski definition) is 3. The Morgan fingerprint density at radius 3 is 2.75 bits per heavy atom. The lowest BCUT2D eigenvalue weighted by Crippen LogP contribution is -2.13. The molecule has 0 aromatic heterocycles. The predicted molar refractivity (Wildman–Crippen MR) is 80.1 cm³/mol. The monoisotopic (exact) mass is 270 g/mol. The molecule has 2 aromatic rings. The molecule has 4 nitrogen and oxygen atoms in total. The number of nitrogens with one attached hydrogen (secondary N) is 1. The maximum Gasteiger partial charge on any atom is 0.255 e. The topological polar surface area (TPSA) is 64.3 Å². The van der Waals surface area contributed by atoms with Gasteiger partial charge in [-0.1, -0.05) is 23.8 Å². The van der Waals surface area contributed by atoms with Gasteiger partial charge in [-0.15, -0.1) is 0 Å². The summed E-state index contributed by atoms with van der Waals surface area (Å²) in [6, 6.07) is 14.7. The molecule has 0 saturated heterocycles. The van der Waals surface area contributed by atoms with Crippen molar-refractivity contribution in [2.45, 2.75) is 6.92 Å².